The first-order valence-corrected chi connectivity index (χ1v) is 9.14. The smallest absolute Gasteiger partial charge is 0.225 e. The number of hydrogen-bond acceptors (Lipinski definition) is 3. The largest absolute Gasteiger partial charge is 0.246 e. The molecule has 0 saturated carbocycles. The lowest BCUT2D eigenvalue weighted by atomic mass is 10.3. The third kappa shape index (κ3) is 1.82. The molecule has 0 aliphatic heterocycles. The van der Waals surface area contributed by atoms with Crippen molar-refractivity contribution in [3.05, 3.63) is 72.0 Å². The molecule has 0 unspecified atom stereocenters. The molecule has 30 heavy (non-hydrogen) atoms. The normalized spacial score (nSPS) is 12.5. The quantitative estimate of drug-likeness (QED) is 0.375. The Bertz CT molecular complexity index is 1600. The molecule has 0 saturated heterocycles. The van der Waals surface area contributed by atoms with E-state index in [1.165, 1.54) is 36.4 Å². The lowest BCUT2D eigenvalue weighted by Crippen LogP contribution is -2.04. The summed E-state index contributed by atoms with van der Waals surface area (Å²) in [5.41, 5.74) is 3.11. The Hall–Kier alpha value is -4.14. The summed E-state index contributed by atoms with van der Waals surface area (Å²) in [4.78, 5) is 13.9. The lowest BCUT2D eigenvalue weighted by Gasteiger charge is -2.05. The first-order chi connectivity index (χ1) is 14.6. The summed E-state index contributed by atoms with van der Waals surface area (Å²) in [6.07, 6.45) is 0. The molecule has 3 aromatic carbocycles. The number of hydrogen-bond donors (Lipinski definition) is 0. The van der Waals surface area contributed by atoms with E-state index in [9.17, 15) is 13.2 Å². The average molecular weight is 402 g/mol. The predicted octanol–water partition coefficient (Wildman–Crippen LogP) is 4.51. The van der Waals surface area contributed by atoms with Gasteiger partial charge in [0.2, 0.25) is 17.3 Å². The van der Waals surface area contributed by atoms with Crippen LogP contribution < -0.4 is 0 Å². The van der Waals surface area contributed by atoms with Gasteiger partial charge in [0.05, 0.1) is 33.1 Å². The van der Waals surface area contributed by atoms with Crippen molar-refractivity contribution >= 4 is 50.4 Å². The van der Waals surface area contributed by atoms with Gasteiger partial charge >= 0.3 is 0 Å². The van der Waals surface area contributed by atoms with Crippen molar-refractivity contribution in [1.82, 2.24) is 28.2 Å². The molecular formula is C21H9F3N6. The number of imidazole rings is 3. The second-order valence-electron chi connectivity index (χ2n) is 7.14. The van der Waals surface area contributed by atoms with E-state index < -0.39 is 17.5 Å². The summed E-state index contributed by atoms with van der Waals surface area (Å²) in [6.45, 7) is 0. The molecule has 4 heterocycles. The van der Waals surface area contributed by atoms with Crippen LogP contribution in [0.5, 0.6) is 0 Å². The van der Waals surface area contributed by atoms with Crippen molar-refractivity contribution in [3.63, 3.8) is 0 Å². The fraction of sp³-hybridized carbons (Fsp3) is 0. The Labute approximate surface area is 164 Å². The summed E-state index contributed by atoms with van der Waals surface area (Å²) in [7, 11) is 0. The van der Waals surface area contributed by atoms with E-state index in [1.807, 2.05) is 0 Å². The predicted molar refractivity (Wildman–Crippen MR) is 105 cm³/mol. The second-order valence-corrected chi connectivity index (χ2v) is 7.14. The van der Waals surface area contributed by atoms with Gasteiger partial charge in [0.1, 0.15) is 17.5 Å². The highest BCUT2D eigenvalue weighted by Crippen LogP contribution is 2.29. The fourth-order valence-corrected chi connectivity index (χ4v) is 4.15. The monoisotopic (exact) mass is 402 g/mol. The van der Waals surface area contributed by atoms with Gasteiger partial charge in [-0.05, 0) is 36.4 Å². The summed E-state index contributed by atoms with van der Waals surface area (Å²) in [5, 5.41) is 0. The number of rotatable bonds is 0. The lowest BCUT2D eigenvalue weighted by molar-refractivity contribution is 0.629. The van der Waals surface area contributed by atoms with Crippen molar-refractivity contribution in [3.8, 4) is 0 Å². The average Bonchev–Trinajstić information content (AvgIpc) is 3.38. The topological polar surface area (TPSA) is 51.9 Å². The van der Waals surface area contributed by atoms with E-state index in [0.717, 1.165) is 0 Å². The number of halogens is 3. The molecule has 144 valence electrons. The summed E-state index contributed by atoms with van der Waals surface area (Å²) in [5.74, 6) is -0.0605. The molecule has 7 rings (SSSR count). The van der Waals surface area contributed by atoms with Gasteiger partial charge in [-0.15, -0.1) is 0 Å². The van der Waals surface area contributed by atoms with Crippen LogP contribution in [0.3, 0.4) is 0 Å². The maximum atomic E-state index is 14.1. The molecule has 4 aromatic heterocycles. The minimum atomic E-state index is -0.425. The van der Waals surface area contributed by atoms with Crippen molar-refractivity contribution in [2.45, 2.75) is 0 Å². The number of benzene rings is 3. The maximum absolute atomic E-state index is 14.1. The van der Waals surface area contributed by atoms with Gasteiger partial charge in [0.15, 0.2) is 0 Å². The molecule has 0 aliphatic rings. The van der Waals surface area contributed by atoms with E-state index in [4.69, 9.17) is 0 Å². The number of fused-ring (bicyclic) bond motifs is 12. The van der Waals surface area contributed by atoms with Crippen LogP contribution in [-0.2, 0) is 0 Å². The molecule has 0 spiro atoms. The zero-order chi connectivity index (χ0) is 20.1. The van der Waals surface area contributed by atoms with Gasteiger partial charge in [0.25, 0.3) is 0 Å². The Kier molecular flexibility index (Phi) is 2.66. The van der Waals surface area contributed by atoms with Crippen LogP contribution in [0.25, 0.3) is 50.4 Å². The Morgan fingerprint density at radius 1 is 0.467 bits per heavy atom. The summed E-state index contributed by atoms with van der Waals surface area (Å²) >= 11 is 0. The number of aromatic nitrogens is 6. The van der Waals surface area contributed by atoms with Crippen LogP contribution >= 0.6 is 0 Å². The molecule has 0 bridgehead atoms. The summed E-state index contributed by atoms with van der Waals surface area (Å²) < 4.78 is 47.2. The van der Waals surface area contributed by atoms with Gasteiger partial charge in [-0.3, -0.25) is 0 Å². The van der Waals surface area contributed by atoms with E-state index in [2.05, 4.69) is 15.0 Å². The van der Waals surface area contributed by atoms with Crippen LogP contribution in [0.15, 0.2) is 54.6 Å². The van der Waals surface area contributed by atoms with E-state index in [0.29, 0.717) is 50.4 Å². The highest BCUT2D eigenvalue weighted by atomic mass is 19.1. The first-order valence-electron chi connectivity index (χ1n) is 9.14. The van der Waals surface area contributed by atoms with Crippen LogP contribution in [0.1, 0.15) is 0 Å². The van der Waals surface area contributed by atoms with Crippen molar-refractivity contribution in [2.75, 3.05) is 0 Å². The van der Waals surface area contributed by atoms with E-state index >= 15 is 0 Å². The fourth-order valence-electron chi connectivity index (χ4n) is 4.15. The number of nitrogens with zero attached hydrogens (tertiary/aromatic N) is 6. The first kappa shape index (κ1) is 15.7. The highest BCUT2D eigenvalue weighted by molar-refractivity contribution is 5.91. The minimum Gasteiger partial charge on any atom is -0.246 e. The maximum Gasteiger partial charge on any atom is 0.225 e. The molecule has 0 fully saturated rings. The molecule has 0 aliphatic carbocycles. The zero-order valence-electron chi connectivity index (χ0n) is 15.0. The molecule has 0 atom stereocenters. The molecule has 0 amide bonds. The van der Waals surface area contributed by atoms with Gasteiger partial charge < -0.3 is 0 Å². The molecule has 7 aromatic rings. The SMILES string of the molecule is Fc1ccc2nc3n(c2c1)c1nc2ccc(F)cc2n1c1nc2ccc(F)cc2n31. The molecule has 9 heteroatoms. The van der Waals surface area contributed by atoms with Gasteiger partial charge in [-0.2, -0.15) is 0 Å². The van der Waals surface area contributed by atoms with E-state index in [-0.39, 0.29) is 0 Å². The van der Waals surface area contributed by atoms with Gasteiger partial charge in [0, 0.05) is 18.2 Å². The van der Waals surface area contributed by atoms with Gasteiger partial charge in [-0.25, -0.2) is 41.3 Å². The minimum absolute atomic E-state index is 0.405. The molecular weight excluding hydrogens is 393 g/mol. The highest BCUT2D eigenvalue weighted by Gasteiger charge is 2.21. The zero-order valence-corrected chi connectivity index (χ0v) is 15.0. The van der Waals surface area contributed by atoms with Crippen molar-refractivity contribution in [2.24, 2.45) is 0 Å². The van der Waals surface area contributed by atoms with E-state index in [1.54, 1.807) is 31.4 Å². The van der Waals surface area contributed by atoms with Crippen molar-refractivity contribution < 1.29 is 13.2 Å². The third-order valence-electron chi connectivity index (χ3n) is 5.40. The van der Waals surface area contributed by atoms with Crippen LogP contribution in [0.4, 0.5) is 13.2 Å². The van der Waals surface area contributed by atoms with Gasteiger partial charge in [-0.1, -0.05) is 0 Å². The van der Waals surface area contributed by atoms with Crippen molar-refractivity contribution in [1.29, 1.82) is 0 Å². The van der Waals surface area contributed by atoms with Crippen LogP contribution in [-0.4, -0.2) is 28.2 Å². The summed E-state index contributed by atoms with van der Waals surface area (Å²) in [6, 6.07) is 12.8. The Balaban J connectivity index is 1.90. The third-order valence-corrected chi connectivity index (χ3v) is 5.40. The second kappa shape index (κ2) is 5.07. The molecule has 0 N–H and O–H groups in total. The van der Waals surface area contributed by atoms with Crippen LogP contribution in [0, 0.1) is 17.5 Å². The Morgan fingerprint density at radius 2 is 0.767 bits per heavy atom. The molecule has 6 nitrogen and oxygen atoms in total. The standard InChI is InChI=1S/C21H9F3N6/c22-10-1-4-13-16(7-10)28-19(25-13)29-17-8-11(23)2-5-14(17)27-21(29)30-18-9-12(24)3-6-15(18)26-20(28)30/h1-9H. The Morgan fingerprint density at radius 3 is 1.07 bits per heavy atom. The molecule has 0 radical (unpaired) electrons. The van der Waals surface area contributed by atoms with Crippen LogP contribution in [0.2, 0.25) is 0 Å².